The third-order valence-electron chi connectivity index (χ3n) is 4.44. The van der Waals surface area contributed by atoms with Crippen LogP contribution in [-0.4, -0.2) is 54.2 Å². The van der Waals surface area contributed by atoms with Crippen molar-refractivity contribution < 1.29 is 24.0 Å². The Morgan fingerprint density at radius 3 is 2.66 bits per heavy atom. The van der Waals surface area contributed by atoms with E-state index in [0.29, 0.717) is 44.7 Å². The number of nitro groups is 1. The molecule has 0 aliphatic carbocycles. The van der Waals surface area contributed by atoms with E-state index in [4.69, 9.17) is 9.47 Å². The molecule has 0 radical (unpaired) electrons. The van der Waals surface area contributed by atoms with Crippen LogP contribution in [0, 0.1) is 10.1 Å². The number of benzene rings is 1. The molecule has 0 aromatic heterocycles. The number of carbonyl (C=O) groups is 2. The van der Waals surface area contributed by atoms with Crippen molar-refractivity contribution in [1.29, 1.82) is 0 Å². The van der Waals surface area contributed by atoms with E-state index in [1.807, 2.05) is 6.92 Å². The first-order valence-electron chi connectivity index (χ1n) is 9.76. The molecule has 1 aliphatic rings. The van der Waals surface area contributed by atoms with Crippen LogP contribution in [-0.2, 0) is 9.53 Å². The van der Waals surface area contributed by atoms with Gasteiger partial charge in [-0.1, -0.05) is 13.0 Å². The maximum absolute atomic E-state index is 12.2. The Balaban J connectivity index is 1.90. The molecule has 29 heavy (non-hydrogen) atoms. The van der Waals surface area contributed by atoms with Gasteiger partial charge in [0.2, 0.25) is 5.91 Å². The van der Waals surface area contributed by atoms with Crippen molar-refractivity contribution in [2.75, 3.05) is 26.3 Å². The van der Waals surface area contributed by atoms with Gasteiger partial charge in [-0.25, -0.2) is 4.79 Å². The fraction of sp³-hybridized carbons (Fsp3) is 0.500. The Bertz CT molecular complexity index is 757. The van der Waals surface area contributed by atoms with E-state index in [-0.39, 0.29) is 29.5 Å². The normalized spacial score (nSPS) is 14.6. The highest BCUT2D eigenvalue weighted by molar-refractivity contribution is 5.92. The summed E-state index contributed by atoms with van der Waals surface area (Å²) in [6.07, 6.45) is 4.59. The Hall–Kier alpha value is -3.10. The van der Waals surface area contributed by atoms with Crippen LogP contribution in [0.5, 0.6) is 5.75 Å². The van der Waals surface area contributed by atoms with Crippen LogP contribution in [0.2, 0.25) is 0 Å². The van der Waals surface area contributed by atoms with Crippen LogP contribution >= 0.6 is 0 Å². The molecule has 9 heteroatoms. The van der Waals surface area contributed by atoms with Gasteiger partial charge in [-0.3, -0.25) is 14.9 Å². The lowest BCUT2D eigenvalue weighted by Gasteiger charge is -2.31. The number of likely N-dealkylation sites (tertiary alicyclic amines) is 1. The molecule has 1 aliphatic heterocycles. The van der Waals surface area contributed by atoms with Crippen molar-refractivity contribution in [3.05, 3.63) is 40.0 Å². The molecule has 0 spiro atoms. The minimum absolute atomic E-state index is 0.0306. The van der Waals surface area contributed by atoms with Crippen molar-refractivity contribution in [2.24, 2.45) is 0 Å². The lowest BCUT2D eigenvalue weighted by molar-refractivity contribution is -0.385. The van der Waals surface area contributed by atoms with Gasteiger partial charge >= 0.3 is 11.8 Å². The number of carbonyl (C=O) groups excluding carboxylic acids is 2. The Morgan fingerprint density at radius 1 is 1.31 bits per heavy atom. The average molecular weight is 405 g/mol. The molecule has 9 nitrogen and oxygen atoms in total. The molecule has 1 heterocycles. The second kappa shape index (κ2) is 11.0. The molecule has 2 amide bonds. The first-order chi connectivity index (χ1) is 13.9. The van der Waals surface area contributed by atoms with Crippen molar-refractivity contribution >= 4 is 23.8 Å². The van der Waals surface area contributed by atoms with Gasteiger partial charge in [0.15, 0.2) is 5.75 Å². The molecule has 0 bridgehead atoms. The predicted molar refractivity (Wildman–Crippen MR) is 108 cm³/mol. The SMILES string of the molecule is CCCOc1ccc(/C=C/C(=O)NC2CCN(C(=O)OCC)CC2)cc1[N+](=O)[O-]. The highest BCUT2D eigenvalue weighted by atomic mass is 16.6. The van der Waals surface area contributed by atoms with Gasteiger partial charge < -0.3 is 19.7 Å². The number of nitro benzene ring substituents is 1. The predicted octanol–water partition coefficient (Wildman–Crippen LogP) is 3.13. The van der Waals surface area contributed by atoms with E-state index in [2.05, 4.69) is 5.32 Å². The van der Waals surface area contributed by atoms with Crippen LogP contribution < -0.4 is 10.1 Å². The number of nitrogens with zero attached hydrogens (tertiary/aromatic N) is 2. The summed E-state index contributed by atoms with van der Waals surface area (Å²) in [5.41, 5.74) is 0.403. The van der Waals surface area contributed by atoms with Crippen LogP contribution in [0.15, 0.2) is 24.3 Å². The zero-order chi connectivity index (χ0) is 21.2. The Kier molecular flexibility index (Phi) is 8.45. The van der Waals surface area contributed by atoms with Crippen LogP contribution in [0.1, 0.15) is 38.7 Å². The van der Waals surface area contributed by atoms with E-state index in [9.17, 15) is 19.7 Å². The molecule has 158 valence electrons. The number of rotatable bonds is 8. The van der Waals surface area contributed by atoms with E-state index >= 15 is 0 Å². The fourth-order valence-electron chi connectivity index (χ4n) is 2.96. The lowest BCUT2D eigenvalue weighted by atomic mass is 10.1. The van der Waals surface area contributed by atoms with E-state index in [1.54, 1.807) is 17.9 Å². The number of piperidine rings is 1. The second-order valence-corrected chi connectivity index (χ2v) is 6.63. The van der Waals surface area contributed by atoms with Crippen LogP contribution in [0.3, 0.4) is 0 Å². The lowest BCUT2D eigenvalue weighted by Crippen LogP contribution is -2.46. The first-order valence-corrected chi connectivity index (χ1v) is 9.76. The Labute approximate surface area is 169 Å². The molecule has 2 rings (SSSR count). The molecule has 0 saturated carbocycles. The molecular weight excluding hydrogens is 378 g/mol. The summed E-state index contributed by atoms with van der Waals surface area (Å²) in [6.45, 7) is 5.47. The zero-order valence-corrected chi connectivity index (χ0v) is 16.8. The summed E-state index contributed by atoms with van der Waals surface area (Å²) in [4.78, 5) is 36.2. The molecule has 1 aromatic carbocycles. The number of nitrogens with one attached hydrogen (secondary N) is 1. The zero-order valence-electron chi connectivity index (χ0n) is 16.8. The van der Waals surface area contributed by atoms with Crippen molar-refractivity contribution in [3.8, 4) is 5.75 Å². The van der Waals surface area contributed by atoms with E-state index < -0.39 is 4.92 Å². The molecule has 1 aromatic rings. The van der Waals surface area contributed by atoms with Crippen LogP contribution in [0.25, 0.3) is 6.08 Å². The maximum Gasteiger partial charge on any atom is 0.409 e. The van der Waals surface area contributed by atoms with Gasteiger partial charge in [0.25, 0.3) is 0 Å². The van der Waals surface area contributed by atoms with Crippen molar-refractivity contribution in [2.45, 2.75) is 39.2 Å². The minimum atomic E-state index is -0.500. The number of hydrogen-bond donors (Lipinski definition) is 1. The summed E-state index contributed by atoms with van der Waals surface area (Å²) in [7, 11) is 0. The smallest absolute Gasteiger partial charge is 0.409 e. The second-order valence-electron chi connectivity index (χ2n) is 6.63. The summed E-state index contributed by atoms with van der Waals surface area (Å²) in [5.74, 6) is -0.0691. The minimum Gasteiger partial charge on any atom is -0.487 e. The topological polar surface area (TPSA) is 111 Å². The van der Waals surface area contributed by atoms with Gasteiger partial charge in [-0.05, 0) is 43.9 Å². The largest absolute Gasteiger partial charge is 0.487 e. The quantitative estimate of drug-likeness (QED) is 0.404. The molecule has 1 fully saturated rings. The summed E-state index contributed by atoms with van der Waals surface area (Å²) >= 11 is 0. The Morgan fingerprint density at radius 2 is 2.03 bits per heavy atom. The summed E-state index contributed by atoms with van der Waals surface area (Å²) < 4.78 is 10.4. The number of amides is 2. The van der Waals surface area contributed by atoms with Gasteiger partial charge in [0, 0.05) is 31.3 Å². The molecular formula is C20H27N3O6. The fourth-order valence-corrected chi connectivity index (χ4v) is 2.96. The van der Waals surface area contributed by atoms with E-state index in [1.165, 1.54) is 24.3 Å². The highest BCUT2D eigenvalue weighted by Crippen LogP contribution is 2.28. The molecule has 1 saturated heterocycles. The summed E-state index contributed by atoms with van der Waals surface area (Å²) in [5, 5.41) is 14.1. The first kappa shape index (κ1) is 22.2. The van der Waals surface area contributed by atoms with Crippen molar-refractivity contribution in [1.82, 2.24) is 10.2 Å². The standard InChI is InChI=1S/C20H27N3O6/c1-3-13-29-18-7-5-15(14-17(18)23(26)27)6-8-19(24)21-16-9-11-22(12-10-16)20(25)28-4-2/h5-8,14,16H,3-4,9-13H2,1-2H3,(H,21,24)/b8-6+. The van der Waals surface area contributed by atoms with E-state index in [0.717, 1.165) is 6.42 Å². The van der Waals surface area contributed by atoms with Gasteiger partial charge in [0.05, 0.1) is 18.1 Å². The highest BCUT2D eigenvalue weighted by Gasteiger charge is 2.24. The molecule has 0 atom stereocenters. The monoisotopic (exact) mass is 405 g/mol. The average Bonchev–Trinajstić information content (AvgIpc) is 2.71. The van der Waals surface area contributed by atoms with Crippen molar-refractivity contribution in [3.63, 3.8) is 0 Å². The third-order valence-corrected chi connectivity index (χ3v) is 4.44. The van der Waals surface area contributed by atoms with Crippen LogP contribution in [0.4, 0.5) is 10.5 Å². The summed E-state index contributed by atoms with van der Waals surface area (Å²) in [6, 6.07) is 4.56. The van der Waals surface area contributed by atoms with Gasteiger partial charge in [-0.15, -0.1) is 0 Å². The maximum atomic E-state index is 12.2. The molecule has 0 unspecified atom stereocenters. The van der Waals surface area contributed by atoms with Gasteiger partial charge in [0.1, 0.15) is 0 Å². The van der Waals surface area contributed by atoms with Gasteiger partial charge in [-0.2, -0.15) is 0 Å². The molecule has 1 N–H and O–H groups in total. The third kappa shape index (κ3) is 6.78. The number of hydrogen-bond acceptors (Lipinski definition) is 6. The number of ether oxygens (including phenoxy) is 2.